The molecule has 106 valence electrons. The van der Waals surface area contributed by atoms with E-state index in [1.54, 1.807) is 0 Å². The van der Waals surface area contributed by atoms with Gasteiger partial charge in [-0.15, -0.1) is 13.2 Å². The molecule has 1 aromatic heterocycles. The molecule has 0 bridgehead atoms. The van der Waals surface area contributed by atoms with Gasteiger partial charge < -0.3 is 9.84 Å². The van der Waals surface area contributed by atoms with Gasteiger partial charge in [-0.25, -0.2) is 4.98 Å². The van der Waals surface area contributed by atoms with Gasteiger partial charge in [-0.2, -0.15) is 0 Å². The molecule has 1 N–H and O–H groups in total. The SMILES string of the molecule is OC(c1ccc(Cl)nc1)c1ccccc1OC(F)(F)F. The van der Waals surface area contributed by atoms with Crippen LogP contribution in [0.25, 0.3) is 0 Å². The third kappa shape index (κ3) is 3.61. The van der Waals surface area contributed by atoms with E-state index in [0.717, 1.165) is 6.07 Å². The van der Waals surface area contributed by atoms with E-state index in [1.807, 2.05) is 0 Å². The lowest BCUT2D eigenvalue weighted by atomic mass is 10.0. The molecule has 0 aliphatic carbocycles. The molecule has 0 fully saturated rings. The molecule has 1 unspecified atom stereocenters. The van der Waals surface area contributed by atoms with Gasteiger partial charge in [-0.05, 0) is 12.1 Å². The molecule has 0 amide bonds. The zero-order valence-corrected chi connectivity index (χ0v) is 10.7. The topological polar surface area (TPSA) is 42.4 Å². The number of benzene rings is 1. The first-order chi connectivity index (χ1) is 9.37. The molecule has 0 aliphatic rings. The zero-order valence-electron chi connectivity index (χ0n) is 9.93. The number of hydrogen-bond acceptors (Lipinski definition) is 3. The van der Waals surface area contributed by atoms with Gasteiger partial charge in [0.25, 0.3) is 0 Å². The Kier molecular flexibility index (Phi) is 4.15. The van der Waals surface area contributed by atoms with Crippen LogP contribution in [0, 0.1) is 0 Å². The summed E-state index contributed by atoms with van der Waals surface area (Å²) in [7, 11) is 0. The molecule has 7 heteroatoms. The second-order valence-electron chi connectivity index (χ2n) is 3.90. The Bertz CT molecular complexity index is 587. The van der Waals surface area contributed by atoms with Crippen LogP contribution in [-0.2, 0) is 0 Å². The van der Waals surface area contributed by atoms with Crippen LogP contribution < -0.4 is 4.74 Å². The summed E-state index contributed by atoms with van der Waals surface area (Å²) in [6.45, 7) is 0. The number of nitrogens with zero attached hydrogens (tertiary/aromatic N) is 1. The van der Waals surface area contributed by atoms with Crippen LogP contribution in [0.3, 0.4) is 0 Å². The molecule has 1 aromatic carbocycles. The van der Waals surface area contributed by atoms with Crippen molar-refractivity contribution in [2.24, 2.45) is 0 Å². The van der Waals surface area contributed by atoms with Crippen molar-refractivity contribution in [3.8, 4) is 5.75 Å². The molecule has 0 aliphatic heterocycles. The molecule has 0 spiro atoms. The highest BCUT2D eigenvalue weighted by molar-refractivity contribution is 6.29. The molecule has 2 rings (SSSR count). The van der Waals surface area contributed by atoms with Gasteiger partial charge in [-0.3, -0.25) is 0 Å². The fourth-order valence-electron chi connectivity index (χ4n) is 1.65. The summed E-state index contributed by atoms with van der Waals surface area (Å²) >= 11 is 5.61. The van der Waals surface area contributed by atoms with Gasteiger partial charge in [0.05, 0.1) is 0 Å². The summed E-state index contributed by atoms with van der Waals surface area (Å²) in [5.41, 5.74) is 0.307. The number of alkyl halides is 3. The Labute approximate surface area is 117 Å². The van der Waals surface area contributed by atoms with Gasteiger partial charge in [0.1, 0.15) is 17.0 Å². The number of aliphatic hydroxyl groups excluding tert-OH is 1. The maximum absolute atomic E-state index is 12.3. The highest BCUT2D eigenvalue weighted by atomic mass is 35.5. The summed E-state index contributed by atoms with van der Waals surface area (Å²) in [6, 6.07) is 8.29. The molecule has 0 saturated carbocycles. The Hall–Kier alpha value is -1.79. The lowest BCUT2D eigenvalue weighted by Crippen LogP contribution is -2.18. The first-order valence-electron chi connectivity index (χ1n) is 5.51. The average molecular weight is 304 g/mol. The minimum Gasteiger partial charge on any atom is -0.405 e. The van der Waals surface area contributed by atoms with Crippen molar-refractivity contribution in [1.82, 2.24) is 4.98 Å². The van der Waals surface area contributed by atoms with Gasteiger partial charge in [0.15, 0.2) is 0 Å². The number of aromatic nitrogens is 1. The number of rotatable bonds is 3. The summed E-state index contributed by atoms with van der Waals surface area (Å²) < 4.78 is 40.8. The molecule has 0 radical (unpaired) electrons. The van der Waals surface area contributed by atoms with Crippen molar-refractivity contribution in [3.63, 3.8) is 0 Å². The Morgan fingerprint density at radius 3 is 2.45 bits per heavy atom. The van der Waals surface area contributed by atoms with Crippen LogP contribution in [0.4, 0.5) is 13.2 Å². The third-order valence-corrected chi connectivity index (χ3v) is 2.73. The normalized spacial score (nSPS) is 13.1. The molecule has 0 saturated heterocycles. The van der Waals surface area contributed by atoms with Crippen molar-refractivity contribution in [2.45, 2.75) is 12.5 Å². The number of halogens is 4. The first kappa shape index (κ1) is 14.6. The summed E-state index contributed by atoms with van der Waals surface area (Å²) in [4.78, 5) is 3.77. The number of hydrogen-bond donors (Lipinski definition) is 1. The van der Waals surface area contributed by atoms with Crippen LogP contribution in [0.5, 0.6) is 5.75 Å². The van der Waals surface area contributed by atoms with E-state index < -0.39 is 18.2 Å². The smallest absolute Gasteiger partial charge is 0.405 e. The number of para-hydroxylation sites is 1. The fourth-order valence-corrected chi connectivity index (χ4v) is 1.76. The quantitative estimate of drug-likeness (QED) is 0.879. The largest absolute Gasteiger partial charge is 0.573 e. The van der Waals surface area contributed by atoms with Crippen molar-refractivity contribution in [1.29, 1.82) is 0 Å². The molecule has 2 aromatic rings. The van der Waals surface area contributed by atoms with Gasteiger partial charge in [-0.1, -0.05) is 35.9 Å². The van der Waals surface area contributed by atoms with Gasteiger partial charge in [0, 0.05) is 17.3 Å². The highest BCUT2D eigenvalue weighted by Crippen LogP contribution is 2.33. The molecule has 1 atom stereocenters. The lowest BCUT2D eigenvalue weighted by molar-refractivity contribution is -0.275. The van der Waals surface area contributed by atoms with Gasteiger partial charge in [0.2, 0.25) is 0 Å². The van der Waals surface area contributed by atoms with E-state index in [1.165, 1.54) is 36.5 Å². The second-order valence-corrected chi connectivity index (χ2v) is 4.29. The standard InChI is InChI=1S/C13H9ClF3NO2/c14-11-6-5-8(7-18-11)12(19)9-3-1-2-4-10(9)20-13(15,16)17/h1-7,12,19H. The van der Waals surface area contributed by atoms with Gasteiger partial charge >= 0.3 is 6.36 Å². The fraction of sp³-hybridized carbons (Fsp3) is 0.154. The summed E-state index contributed by atoms with van der Waals surface area (Å²) in [6.07, 6.45) is -4.83. The lowest BCUT2D eigenvalue weighted by Gasteiger charge is -2.17. The monoisotopic (exact) mass is 303 g/mol. The summed E-state index contributed by atoms with van der Waals surface area (Å²) in [5, 5.41) is 10.4. The van der Waals surface area contributed by atoms with Crippen LogP contribution in [0.1, 0.15) is 17.2 Å². The van der Waals surface area contributed by atoms with E-state index in [9.17, 15) is 18.3 Å². The first-order valence-corrected chi connectivity index (χ1v) is 5.89. The Morgan fingerprint density at radius 1 is 1.15 bits per heavy atom. The van der Waals surface area contributed by atoms with Crippen LogP contribution in [0.2, 0.25) is 5.15 Å². The van der Waals surface area contributed by atoms with Crippen molar-refractivity contribution < 1.29 is 23.0 Å². The average Bonchev–Trinajstić information content (AvgIpc) is 2.37. The van der Waals surface area contributed by atoms with E-state index in [0.29, 0.717) is 5.56 Å². The van der Waals surface area contributed by atoms with Crippen molar-refractivity contribution in [2.75, 3.05) is 0 Å². The maximum atomic E-state index is 12.3. The Morgan fingerprint density at radius 2 is 1.85 bits per heavy atom. The van der Waals surface area contributed by atoms with Crippen molar-refractivity contribution in [3.05, 3.63) is 58.9 Å². The molecular formula is C13H9ClF3NO2. The van der Waals surface area contributed by atoms with Crippen molar-refractivity contribution >= 4 is 11.6 Å². The molecular weight excluding hydrogens is 295 g/mol. The second kappa shape index (κ2) is 5.68. The zero-order chi connectivity index (χ0) is 14.8. The minimum absolute atomic E-state index is 0.00560. The third-order valence-electron chi connectivity index (χ3n) is 2.51. The molecule has 20 heavy (non-hydrogen) atoms. The van der Waals surface area contributed by atoms with E-state index >= 15 is 0 Å². The Balaban J connectivity index is 2.34. The number of ether oxygens (including phenoxy) is 1. The van der Waals surface area contributed by atoms with E-state index in [-0.39, 0.29) is 10.7 Å². The van der Waals surface area contributed by atoms with E-state index in [4.69, 9.17) is 11.6 Å². The number of pyridine rings is 1. The summed E-state index contributed by atoms with van der Waals surface area (Å²) in [5.74, 6) is -0.456. The van der Waals surface area contributed by atoms with Crippen LogP contribution in [-0.4, -0.2) is 16.5 Å². The molecule has 1 heterocycles. The molecule has 3 nitrogen and oxygen atoms in total. The highest BCUT2D eigenvalue weighted by Gasteiger charge is 2.32. The number of aliphatic hydroxyl groups is 1. The predicted molar refractivity (Wildman–Crippen MR) is 66.4 cm³/mol. The van der Waals surface area contributed by atoms with Crippen LogP contribution >= 0.6 is 11.6 Å². The van der Waals surface area contributed by atoms with E-state index in [2.05, 4.69) is 9.72 Å². The predicted octanol–water partition coefficient (Wildman–Crippen LogP) is 3.72. The minimum atomic E-state index is -4.83. The maximum Gasteiger partial charge on any atom is 0.573 e. The van der Waals surface area contributed by atoms with Crippen LogP contribution in [0.15, 0.2) is 42.6 Å².